The summed E-state index contributed by atoms with van der Waals surface area (Å²) in [6.07, 6.45) is -4.45. The van der Waals surface area contributed by atoms with E-state index in [0.29, 0.717) is 5.01 Å². The van der Waals surface area contributed by atoms with Crippen LogP contribution in [-0.4, -0.2) is 18.0 Å². The summed E-state index contributed by atoms with van der Waals surface area (Å²) in [5.74, 6) is -0.760. The number of amides is 1. The van der Waals surface area contributed by atoms with Crippen molar-refractivity contribution < 1.29 is 18.0 Å². The number of nitrogens with zero attached hydrogens (tertiary/aromatic N) is 2. The number of rotatable bonds is 2. The van der Waals surface area contributed by atoms with E-state index in [1.807, 2.05) is 0 Å². The molecule has 7 heteroatoms. The fourth-order valence-electron chi connectivity index (χ4n) is 1.03. The monoisotopic (exact) mass is 232 g/mol. The number of hydrogen-bond donors (Lipinski definition) is 0. The van der Waals surface area contributed by atoms with Gasteiger partial charge in [0.2, 0.25) is 0 Å². The second-order valence-corrected chi connectivity index (χ2v) is 2.99. The highest BCUT2D eigenvalue weighted by Gasteiger charge is 2.30. The molecule has 0 aliphatic carbocycles. The Morgan fingerprint density at radius 1 is 1.25 bits per heavy atom. The molecule has 0 radical (unpaired) electrons. The lowest BCUT2D eigenvalue weighted by molar-refractivity contribution is -0.137. The molecule has 0 aromatic heterocycles. The second-order valence-electron chi connectivity index (χ2n) is 2.99. The molecule has 4 nitrogen and oxygen atoms in total. The number of carbonyl (C=O) groups excluding carboxylic acids is 1. The molecule has 86 valence electrons. The van der Waals surface area contributed by atoms with Crippen molar-refractivity contribution in [2.24, 2.45) is 5.29 Å². The van der Waals surface area contributed by atoms with Crippen LogP contribution >= 0.6 is 0 Å². The van der Waals surface area contributed by atoms with Gasteiger partial charge >= 0.3 is 6.18 Å². The molecular weight excluding hydrogens is 225 g/mol. The van der Waals surface area contributed by atoms with Crippen LogP contribution < -0.4 is 0 Å². The number of halogens is 3. The van der Waals surface area contributed by atoms with Gasteiger partial charge in [-0.25, -0.2) is 0 Å². The fourth-order valence-corrected chi connectivity index (χ4v) is 1.03. The van der Waals surface area contributed by atoms with Crippen LogP contribution in [0, 0.1) is 4.91 Å². The van der Waals surface area contributed by atoms with Crippen LogP contribution in [0.5, 0.6) is 0 Å². The minimum Gasteiger partial charge on any atom is -0.267 e. The van der Waals surface area contributed by atoms with Crippen molar-refractivity contribution in [3.8, 4) is 0 Å². The van der Waals surface area contributed by atoms with Crippen LogP contribution in [0.4, 0.5) is 13.2 Å². The van der Waals surface area contributed by atoms with Crippen molar-refractivity contribution in [1.82, 2.24) is 5.01 Å². The minimum atomic E-state index is -4.45. The first-order chi connectivity index (χ1) is 7.36. The smallest absolute Gasteiger partial charge is 0.267 e. The molecule has 16 heavy (non-hydrogen) atoms. The standard InChI is InChI=1S/C9H7F3N2O2/c1-14(13-16)8(15)6-2-4-7(5-3-6)9(10,11)12/h2-5H,1H3. The molecule has 0 saturated carbocycles. The van der Waals surface area contributed by atoms with E-state index in [1.54, 1.807) is 0 Å². The first-order valence-corrected chi connectivity index (χ1v) is 4.15. The quantitative estimate of drug-likeness (QED) is 0.580. The van der Waals surface area contributed by atoms with Crippen molar-refractivity contribution >= 4 is 5.91 Å². The normalized spacial score (nSPS) is 11.0. The third-order valence-corrected chi connectivity index (χ3v) is 1.88. The van der Waals surface area contributed by atoms with Gasteiger partial charge in [0.25, 0.3) is 5.91 Å². The number of benzene rings is 1. The largest absolute Gasteiger partial charge is 0.416 e. The number of alkyl halides is 3. The molecule has 0 fully saturated rings. The van der Waals surface area contributed by atoms with Crippen LogP contribution in [0.3, 0.4) is 0 Å². The molecule has 0 atom stereocenters. The molecule has 0 aliphatic heterocycles. The first kappa shape index (κ1) is 12.2. The van der Waals surface area contributed by atoms with Crippen molar-refractivity contribution in [3.05, 3.63) is 40.3 Å². The number of hydrogen-bond acceptors (Lipinski definition) is 3. The van der Waals surface area contributed by atoms with Gasteiger partial charge in [-0.2, -0.15) is 18.2 Å². The zero-order valence-electron chi connectivity index (χ0n) is 8.15. The summed E-state index contributed by atoms with van der Waals surface area (Å²) in [7, 11) is 1.12. The van der Waals surface area contributed by atoms with Gasteiger partial charge in [0.15, 0.2) is 0 Å². The second kappa shape index (κ2) is 4.30. The van der Waals surface area contributed by atoms with E-state index in [-0.39, 0.29) is 5.56 Å². The average molecular weight is 232 g/mol. The molecule has 0 N–H and O–H groups in total. The Kier molecular flexibility index (Phi) is 3.26. The highest BCUT2D eigenvalue weighted by atomic mass is 19.4. The molecule has 0 saturated heterocycles. The van der Waals surface area contributed by atoms with Gasteiger partial charge in [-0.15, -0.1) is 4.91 Å². The average Bonchev–Trinajstić information content (AvgIpc) is 2.26. The van der Waals surface area contributed by atoms with Crippen LogP contribution in [0.15, 0.2) is 29.6 Å². The Morgan fingerprint density at radius 2 is 1.75 bits per heavy atom. The Hall–Kier alpha value is -1.92. The summed E-state index contributed by atoms with van der Waals surface area (Å²) in [5.41, 5.74) is -0.888. The van der Waals surface area contributed by atoms with Crippen molar-refractivity contribution in [2.75, 3.05) is 7.05 Å². The molecule has 1 aromatic carbocycles. The molecule has 0 bridgehead atoms. The Morgan fingerprint density at radius 3 is 2.12 bits per heavy atom. The summed E-state index contributed by atoms with van der Waals surface area (Å²) in [5, 5.41) is 2.85. The van der Waals surface area contributed by atoms with Crippen molar-refractivity contribution in [1.29, 1.82) is 0 Å². The first-order valence-electron chi connectivity index (χ1n) is 4.15. The number of nitroso groups, excluding NO2 is 1. The Bertz CT molecular complexity index is 400. The predicted molar refractivity (Wildman–Crippen MR) is 49.3 cm³/mol. The van der Waals surface area contributed by atoms with Gasteiger partial charge in [-0.1, -0.05) is 0 Å². The van der Waals surface area contributed by atoms with Gasteiger partial charge in [0.1, 0.15) is 0 Å². The zero-order valence-corrected chi connectivity index (χ0v) is 8.15. The maximum absolute atomic E-state index is 12.2. The van der Waals surface area contributed by atoms with E-state index >= 15 is 0 Å². The van der Waals surface area contributed by atoms with Crippen molar-refractivity contribution in [2.45, 2.75) is 6.18 Å². The van der Waals surface area contributed by atoms with E-state index in [0.717, 1.165) is 31.3 Å². The maximum atomic E-state index is 12.2. The van der Waals surface area contributed by atoms with Gasteiger partial charge in [-0.05, 0) is 24.3 Å². The maximum Gasteiger partial charge on any atom is 0.416 e. The highest BCUT2D eigenvalue weighted by Crippen LogP contribution is 2.29. The molecule has 1 amide bonds. The lowest BCUT2D eigenvalue weighted by atomic mass is 10.1. The Balaban J connectivity index is 2.96. The van der Waals surface area contributed by atoms with E-state index in [4.69, 9.17) is 0 Å². The molecule has 0 unspecified atom stereocenters. The van der Waals surface area contributed by atoms with E-state index < -0.39 is 17.6 Å². The van der Waals surface area contributed by atoms with Crippen molar-refractivity contribution in [3.63, 3.8) is 0 Å². The minimum absolute atomic E-state index is 0.0323. The van der Waals surface area contributed by atoms with E-state index in [2.05, 4.69) is 5.29 Å². The molecule has 0 spiro atoms. The van der Waals surface area contributed by atoms with Gasteiger partial charge in [0, 0.05) is 12.6 Å². The third kappa shape index (κ3) is 2.56. The predicted octanol–water partition coefficient (Wildman–Crippen LogP) is 2.46. The van der Waals surface area contributed by atoms with Gasteiger partial charge in [0.05, 0.1) is 10.8 Å². The van der Waals surface area contributed by atoms with Crippen LogP contribution in [0.1, 0.15) is 15.9 Å². The summed E-state index contributed by atoms with van der Waals surface area (Å²) in [6, 6.07) is 3.53. The molecule has 1 rings (SSSR count). The Labute approximate surface area is 88.6 Å². The van der Waals surface area contributed by atoms with Gasteiger partial charge in [-0.3, -0.25) is 4.79 Å². The molecule has 0 heterocycles. The SMILES string of the molecule is CN(N=O)C(=O)c1ccc(C(F)(F)F)cc1. The summed E-state index contributed by atoms with van der Waals surface area (Å²) < 4.78 is 36.5. The van der Waals surface area contributed by atoms with E-state index in [9.17, 15) is 22.9 Å². The van der Waals surface area contributed by atoms with Gasteiger partial charge < -0.3 is 0 Å². The third-order valence-electron chi connectivity index (χ3n) is 1.88. The topological polar surface area (TPSA) is 49.7 Å². The fraction of sp³-hybridized carbons (Fsp3) is 0.222. The lowest BCUT2D eigenvalue weighted by Crippen LogP contribution is -2.20. The lowest BCUT2D eigenvalue weighted by Gasteiger charge is -2.09. The molecule has 0 aliphatic rings. The van der Waals surface area contributed by atoms with Crippen LogP contribution in [0.2, 0.25) is 0 Å². The summed E-state index contributed by atoms with van der Waals surface area (Å²) >= 11 is 0. The molecular formula is C9H7F3N2O2. The summed E-state index contributed by atoms with van der Waals surface area (Å²) in [6.45, 7) is 0. The van der Waals surface area contributed by atoms with Crippen LogP contribution in [-0.2, 0) is 6.18 Å². The number of carbonyl (C=O) groups is 1. The molecule has 1 aromatic rings. The highest BCUT2D eigenvalue weighted by molar-refractivity contribution is 5.93. The zero-order chi connectivity index (χ0) is 12.3. The van der Waals surface area contributed by atoms with Crippen LogP contribution in [0.25, 0.3) is 0 Å². The van der Waals surface area contributed by atoms with E-state index in [1.165, 1.54) is 0 Å². The summed E-state index contributed by atoms with van der Waals surface area (Å²) in [4.78, 5) is 21.3.